The lowest BCUT2D eigenvalue weighted by Gasteiger charge is -2.22. The van der Waals surface area contributed by atoms with E-state index in [1.165, 1.54) is 6.07 Å². The van der Waals surface area contributed by atoms with E-state index in [2.05, 4.69) is 0 Å². The first-order chi connectivity index (χ1) is 7.95. The van der Waals surface area contributed by atoms with Crippen molar-refractivity contribution in [2.24, 2.45) is 5.73 Å². The van der Waals surface area contributed by atoms with Crippen LogP contribution in [-0.4, -0.2) is 18.3 Å². The molecule has 0 spiro atoms. The van der Waals surface area contributed by atoms with Crippen molar-refractivity contribution >= 4 is 5.69 Å². The van der Waals surface area contributed by atoms with Crippen LogP contribution >= 0.6 is 0 Å². The van der Waals surface area contributed by atoms with Gasteiger partial charge >= 0.3 is 5.69 Å². The van der Waals surface area contributed by atoms with Crippen LogP contribution in [0.3, 0.4) is 0 Å². The third kappa shape index (κ3) is 1.91. The molecule has 0 amide bonds. The number of hydrogen-bond donors (Lipinski definition) is 1. The minimum atomic E-state index is -0.469. The van der Waals surface area contributed by atoms with Crippen molar-refractivity contribution < 1.29 is 14.4 Å². The number of benzene rings is 1. The Balaban J connectivity index is 2.58. The van der Waals surface area contributed by atoms with Crippen LogP contribution in [0.1, 0.15) is 19.4 Å². The number of fused-ring (bicyclic) bond motifs is 1. The summed E-state index contributed by atoms with van der Waals surface area (Å²) in [5, 5.41) is 11.0. The molecule has 1 aromatic rings. The van der Waals surface area contributed by atoms with Crippen LogP contribution in [0.25, 0.3) is 0 Å². The monoisotopic (exact) mass is 238 g/mol. The molecule has 1 aromatic carbocycles. The highest BCUT2D eigenvalue weighted by molar-refractivity contribution is 5.60. The van der Waals surface area contributed by atoms with Crippen molar-refractivity contribution in [3.05, 3.63) is 27.8 Å². The van der Waals surface area contributed by atoms with Crippen molar-refractivity contribution in [1.82, 2.24) is 0 Å². The lowest BCUT2D eigenvalue weighted by molar-refractivity contribution is -0.385. The molecule has 1 heterocycles. The second-order valence-corrected chi connectivity index (χ2v) is 4.57. The van der Waals surface area contributed by atoms with Gasteiger partial charge < -0.3 is 15.2 Å². The van der Waals surface area contributed by atoms with E-state index >= 15 is 0 Å². The second kappa shape index (κ2) is 3.89. The molecule has 6 nitrogen and oxygen atoms in total. The van der Waals surface area contributed by atoms with Gasteiger partial charge in [-0.2, -0.15) is 0 Å². The summed E-state index contributed by atoms with van der Waals surface area (Å²) in [5.41, 5.74) is 6.03. The molecule has 0 saturated carbocycles. The van der Waals surface area contributed by atoms with Crippen LogP contribution < -0.4 is 15.2 Å². The van der Waals surface area contributed by atoms with Crippen LogP contribution in [0.4, 0.5) is 5.69 Å². The van der Waals surface area contributed by atoms with E-state index < -0.39 is 4.92 Å². The van der Waals surface area contributed by atoms with Crippen LogP contribution in [0.2, 0.25) is 0 Å². The Bertz CT molecular complexity index is 471. The van der Waals surface area contributed by atoms with Crippen LogP contribution in [0, 0.1) is 10.1 Å². The van der Waals surface area contributed by atoms with Crippen molar-refractivity contribution in [2.45, 2.75) is 19.3 Å². The number of rotatable bonds is 3. The zero-order valence-electron chi connectivity index (χ0n) is 9.73. The molecule has 0 radical (unpaired) electrons. The quantitative estimate of drug-likeness (QED) is 0.637. The minimum Gasteiger partial charge on any atom is -0.453 e. The maximum Gasteiger partial charge on any atom is 0.315 e. The SMILES string of the molecule is CC(C)(CN)c1cc2c(c([N+](=O)[O-])c1)OCO2. The van der Waals surface area contributed by atoms with Gasteiger partial charge in [-0.1, -0.05) is 13.8 Å². The summed E-state index contributed by atoms with van der Waals surface area (Å²) in [6.45, 7) is 4.26. The summed E-state index contributed by atoms with van der Waals surface area (Å²) in [5.74, 6) is 0.613. The van der Waals surface area contributed by atoms with Crippen molar-refractivity contribution in [3.8, 4) is 11.5 Å². The largest absolute Gasteiger partial charge is 0.453 e. The summed E-state index contributed by atoms with van der Waals surface area (Å²) in [6.07, 6.45) is 0. The number of nitro groups is 1. The smallest absolute Gasteiger partial charge is 0.315 e. The maximum absolute atomic E-state index is 11.0. The molecule has 0 saturated heterocycles. The molecule has 92 valence electrons. The second-order valence-electron chi connectivity index (χ2n) is 4.57. The minimum absolute atomic E-state index is 0.0165. The van der Waals surface area contributed by atoms with Gasteiger partial charge in [0.2, 0.25) is 12.5 Å². The number of nitrogens with two attached hydrogens (primary N) is 1. The summed E-state index contributed by atoms with van der Waals surface area (Å²) in [7, 11) is 0. The zero-order chi connectivity index (χ0) is 12.6. The third-order valence-electron chi connectivity index (χ3n) is 2.94. The Labute approximate surface area is 98.5 Å². The average molecular weight is 238 g/mol. The molecule has 0 bridgehead atoms. The van der Waals surface area contributed by atoms with Crippen LogP contribution in [-0.2, 0) is 5.41 Å². The summed E-state index contributed by atoms with van der Waals surface area (Å²) in [6, 6.07) is 3.25. The van der Waals surface area contributed by atoms with Gasteiger partial charge in [0.05, 0.1) is 4.92 Å². The molecule has 0 aromatic heterocycles. The first-order valence-corrected chi connectivity index (χ1v) is 5.24. The molecule has 0 fully saturated rings. The van der Waals surface area contributed by atoms with Crippen molar-refractivity contribution in [1.29, 1.82) is 0 Å². The first-order valence-electron chi connectivity index (χ1n) is 5.24. The third-order valence-corrected chi connectivity index (χ3v) is 2.94. The van der Waals surface area contributed by atoms with E-state index in [9.17, 15) is 10.1 Å². The summed E-state index contributed by atoms with van der Waals surface area (Å²) >= 11 is 0. The maximum atomic E-state index is 11.0. The van der Waals surface area contributed by atoms with E-state index in [4.69, 9.17) is 15.2 Å². The fourth-order valence-corrected chi connectivity index (χ4v) is 1.64. The fourth-order valence-electron chi connectivity index (χ4n) is 1.64. The zero-order valence-corrected chi connectivity index (χ0v) is 9.73. The van der Waals surface area contributed by atoms with E-state index in [0.29, 0.717) is 12.3 Å². The molecular weight excluding hydrogens is 224 g/mol. The summed E-state index contributed by atoms with van der Waals surface area (Å²) < 4.78 is 10.3. The van der Waals surface area contributed by atoms with Crippen LogP contribution in [0.15, 0.2) is 12.1 Å². The van der Waals surface area contributed by atoms with Gasteiger partial charge in [-0.3, -0.25) is 10.1 Å². The van der Waals surface area contributed by atoms with Crippen molar-refractivity contribution in [3.63, 3.8) is 0 Å². The molecular formula is C11H14N2O4. The Morgan fingerprint density at radius 1 is 1.47 bits per heavy atom. The number of nitro benzene ring substituents is 1. The van der Waals surface area contributed by atoms with E-state index in [-0.39, 0.29) is 23.6 Å². The Morgan fingerprint density at radius 2 is 2.18 bits per heavy atom. The lowest BCUT2D eigenvalue weighted by atomic mass is 9.84. The Morgan fingerprint density at radius 3 is 2.76 bits per heavy atom. The first kappa shape index (κ1) is 11.7. The predicted octanol–water partition coefficient (Wildman–Crippen LogP) is 1.56. The van der Waals surface area contributed by atoms with Gasteiger partial charge in [0.15, 0.2) is 5.75 Å². The van der Waals surface area contributed by atoms with E-state index in [0.717, 1.165) is 5.56 Å². The highest BCUT2D eigenvalue weighted by Crippen LogP contribution is 2.43. The molecule has 1 aliphatic heterocycles. The number of ether oxygens (including phenoxy) is 2. The Hall–Kier alpha value is -1.82. The molecule has 17 heavy (non-hydrogen) atoms. The van der Waals surface area contributed by atoms with Gasteiger partial charge in [-0.25, -0.2) is 0 Å². The average Bonchev–Trinajstić information content (AvgIpc) is 2.75. The van der Waals surface area contributed by atoms with Gasteiger partial charge in [0.1, 0.15) is 0 Å². The number of nitrogens with zero attached hydrogens (tertiary/aromatic N) is 1. The standard InChI is InChI=1S/C11H14N2O4/c1-11(2,5-12)7-3-8(13(14)15)10-9(4-7)16-6-17-10/h3-4H,5-6,12H2,1-2H3. The van der Waals surface area contributed by atoms with Crippen LogP contribution in [0.5, 0.6) is 11.5 Å². The lowest BCUT2D eigenvalue weighted by Crippen LogP contribution is -2.28. The highest BCUT2D eigenvalue weighted by Gasteiger charge is 2.30. The van der Waals surface area contributed by atoms with Gasteiger partial charge in [0.25, 0.3) is 0 Å². The predicted molar refractivity (Wildman–Crippen MR) is 61.3 cm³/mol. The molecule has 0 aliphatic carbocycles. The fraction of sp³-hybridized carbons (Fsp3) is 0.455. The Kier molecular flexibility index (Phi) is 2.66. The van der Waals surface area contributed by atoms with E-state index in [1.807, 2.05) is 13.8 Å². The number of hydrogen-bond acceptors (Lipinski definition) is 5. The molecule has 2 rings (SSSR count). The summed E-state index contributed by atoms with van der Waals surface area (Å²) in [4.78, 5) is 10.5. The topological polar surface area (TPSA) is 87.6 Å². The molecule has 0 atom stereocenters. The normalized spacial score (nSPS) is 13.8. The molecule has 2 N–H and O–H groups in total. The van der Waals surface area contributed by atoms with Gasteiger partial charge in [-0.05, 0) is 11.6 Å². The van der Waals surface area contributed by atoms with Gasteiger partial charge in [-0.15, -0.1) is 0 Å². The molecule has 1 aliphatic rings. The highest BCUT2D eigenvalue weighted by atomic mass is 16.7. The van der Waals surface area contributed by atoms with Crippen molar-refractivity contribution in [2.75, 3.05) is 13.3 Å². The van der Waals surface area contributed by atoms with E-state index in [1.54, 1.807) is 6.07 Å². The molecule has 6 heteroatoms. The molecule has 0 unspecified atom stereocenters. The van der Waals surface area contributed by atoms with Gasteiger partial charge in [0, 0.05) is 18.0 Å².